The first-order valence-electron chi connectivity index (χ1n) is 19.8. The van der Waals surface area contributed by atoms with Gasteiger partial charge < -0.3 is 13.8 Å². The summed E-state index contributed by atoms with van der Waals surface area (Å²) in [5, 5.41) is 3.67. The van der Waals surface area contributed by atoms with Gasteiger partial charge in [0.1, 0.15) is 0 Å². The SMILES string of the molecule is CC1(C)CCC2(C)c3c(nc4c5[c-]cccc5c5cccc(c5n34)C2(C)C)-c2ccccc21.Cc1cccc(C)c1[B]n1ccnc1-c1[c-]cccc1N(C)C.[Ir]. The molecule has 0 saturated carbocycles. The fraction of sp³-hybridized carbons (Fsp3) is 0.280. The van der Waals surface area contributed by atoms with Crippen molar-refractivity contribution in [2.75, 3.05) is 19.0 Å². The maximum absolute atomic E-state index is 5.47. The molecule has 0 fully saturated rings. The van der Waals surface area contributed by atoms with Crippen molar-refractivity contribution in [3.8, 4) is 22.6 Å². The third kappa shape index (κ3) is 5.91. The van der Waals surface area contributed by atoms with E-state index >= 15 is 0 Å². The van der Waals surface area contributed by atoms with E-state index < -0.39 is 0 Å². The molecule has 57 heavy (non-hydrogen) atoms. The van der Waals surface area contributed by atoms with Crippen molar-refractivity contribution in [2.45, 2.75) is 77.6 Å². The van der Waals surface area contributed by atoms with E-state index in [1.165, 1.54) is 55.3 Å². The van der Waals surface area contributed by atoms with Crippen molar-refractivity contribution >= 4 is 45.9 Å². The second-order valence-corrected chi connectivity index (χ2v) is 17.4. The number of rotatable bonds is 4. The number of pyridine rings is 1. The molecule has 0 amide bonds. The Hall–Kier alpha value is -4.97. The summed E-state index contributed by atoms with van der Waals surface area (Å²) in [5.41, 5.74) is 14.9. The molecule has 0 spiro atoms. The van der Waals surface area contributed by atoms with Crippen LogP contribution >= 0.6 is 0 Å². The number of anilines is 1. The zero-order valence-electron chi connectivity index (χ0n) is 34.5. The molecule has 1 aliphatic heterocycles. The summed E-state index contributed by atoms with van der Waals surface area (Å²) in [7, 11) is 6.22. The molecule has 5 nitrogen and oxygen atoms in total. The number of aromatic nitrogens is 4. The van der Waals surface area contributed by atoms with E-state index in [1.54, 1.807) is 0 Å². The van der Waals surface area contributed by atoms with Crippen LogP contribution in [0.5, 0.6) is 0 Å². The van der Waals surface area contributed by atoms with Crippen molar-refractivity contribution in [1.82, 2.24) is 18.8 Å². The molecule has 4 heterocycles. The van der Waals surface area contributed by atoms with Crippen molar-refractivity contribution < 1.29 is 20.1 Å². The maximum Gasteiger partial charge on any atom is 0.281 e. The Morgan fingerprint density at radius 2 is 1.44 bits per heavy atom. The molecular weight excluding hydrogens is 874 g/mol. The van der Waals surface area contributed by atoms with Gasteiger partial charge in [-0.25, -0.2) is 0 Å². The van der Waals surface area contributed by atoms with Crippen LogP contribution in [-0.2, 0) is 36.4 Å². The number of hydrogen-bond donors (Lipinski definition) is 0. The predicted octanol–water partition coefficient (Wildman–Crippen LogP) is 10.6. The van der Waals surface area contributed by atoms with Gasteiger partial charge in [-0.2, -0.15) is 0 Å². The largest absolute Gasteiger partial charge is 0.416 e. The summed E-state index contributed by atoms with van der Waals surface area (Å²) in [6, 6.07) is 41.4. The van der Waals surface area contributed by atoms with Gasteiger partial charge in [-0.3, -0.25) is 9.97 Å². The van der Waals surface area contributed by atoms with E-state index in [4.69, 9.17) is 4.98 Å². The molecule has 1 unspecified atom stereocenters. The van der Waals surface area contributed by atoms with E-state index in [-0.39, 0.29) is 36.4 Å². The molecule has 288 valence electrons. The first-order valence-corrected chi connectivity index (χ1v) is 19.8. The number of fused-ring (bicyclic) bond motifs is 5. The van der Waals surface area contributed by atoms with E-state index in [1.807, 2.05) is 44.7 Å². The fourth-order valence-electron chi connectivity index (χ4n) is 9.62. The van der Waals surface area contributed by atoms with E-state index in [0.29, 0.717) is 0 Å². The van der Waals surface area contributed by atoms with Gasteiger partial charge in [0, 0.05) is 65.9 Å². The average Bonchev–Trinajstić information content (AvgIpc) is 3.84. The van der Waals surface area contributed by atoms with Gasteiger partial charge in [-0.1, -0.05) is 123 Å². The van der Waals surface area contributed by atoms with Gasteiger partial charge in [0.05, 0.1) is 11.3 Å². The summed E-state index contributed by atoms with van der Waals surface area (Å²) in [4.78, 5) is 12.1. The zero-order valence-corrected chi connectivity index (χ0v) is 36.8. The Kier molecular flexibility index (Phi) is 9.65. The monoisotopic (exact) mass is 923 g/mol. The Labute approximate surface area is 351 Å². The first-order chi connectivity index (χ1) is 26.8. The standard InChI is InChI=1S/C31H29N2.C19H20BN3.Ir/c1-29(2)17-18-31(5)27-25(22-13-8-9-15-23(22)29)32-28-21-12-7-6-11-19(21)20-14-10-16-24(30(31,3)4)26(20)33(27)28;1-14-8-7-9-15(2)18(14)20-23-13-12-21-19(23)16-10-5-6-11-17(16)22(3)4;/h6-11,13-16H,17-18H2,1-5H3;5-9,11-13H,1-4H3;/q2*-1;. The van der Waals surface area contributed by atoms with Crippen molar-refractivity contribution in [2.24, 2.45) is 0 Å². The summed E-state index contributed by atoms with van der Waals surface area (Å²) < 4.78 is 4.59. The van der Waals surface area contributed by atoms with Gasteiger partial charge in [0.2, 0.25) is 0 Å². The molecule has 0 saturated heterocycles. The number of hydrogen-bond acceptors (Lipinski definition) is 3. The van der Waals surface area contributed by atoms with Gasteiger partial charge in [-0.05, 0) is 68.4 Å². The van der Waals surface area contributed by atoms with Crippen molar-refractivity contribution in [3.05, 3.63) is 150 Å². The van der Waals surface area contributed by atoms with Gasteiger partial charge >= 0.3 is 0 Å². The molecule has 7 heteroatoms. The van der Waals surface area contributed by atoms with Gasteiger partial charge in [0.25, 0.3) is 7.41 Å². The molecule has 1 aliphatic carbocycles. The van der Waals surface area contributed by atoms with Crippen LogP contribution in [0.25, 0.3) is 50.0 Å². The van der Waals surface area contributed by atoms with Crippen LogP contribution in [-0.4, -0.2) is 40.4 Å². The smallest absolute Gasteiger partial charge is 0.281 e. The number of aryl methyl sites for hydroxylation is 2. The third-order valence-electron chi connectivity index (χ3n) is 13.3. The Morgan fingerprint density at radius 1 is 0.754 bits per heavy atom. The maximum atomic E-state index is 5.47. The summed E-state index contributed by atoms with van der Waals surface area (Å²) >= 11 is 0. The number of para-hydroxylation sites is 1. The minimum atomic E-state index is -0.0453. The van der Waals surface area contributed by atoms with Crippen LogP contribution in [0, 0.1) is 26.0 Å². The zero-order chi connectivity index (χ0) is 39.1. The molecule has 8 aromatic rings. The molecule has 10 rings (SSSR count). The topological polar surface area (TPSA) is 38.4 Å². The number of imidazole rings is 2. The van der Waals surface area contributed by atoms with Gasteiger partial charge in [-0.15, -0.1) is 53.9 Å². The minimum absolute atomic E-state index is 0. The molecule has 5 aromatic carbocycles. The molecule has 1 atom stereocenters. The van der Waals surface area contributed by atoms with E-state index in [2.05, 4.69) is 166 Å². The van der Waals surface area contributed by atoms with Crippen LogP contribution in [0.2, 0.25) is 0 Å². The van der Waals surface area contributed by atoms with Crippen LogP contribution < -0.4 is 10.4 Å². The molecule has 0 bridgehead atoms. The molecule has 2 aliphatic rings. The summed E-state index contributed by atoms with van der Waals surface area (Å²) in [6.45, 7) is 16.5. The normalized spacial score (nSPS) is 17.3. The van der Waals surface area contributed by atoms with E-state index in [0.717, 1.165) is 46.6 Å². The summed E-state index contributed by atoms with van der Waals surface area (Å²) in [6.07, 6.45) is 6.08. The number of nitrogens with zero attached hydrogens (tertiary/aromatic N) is 5. The molecule has 0 N–H and O–H groups in total. The third-order valence-corrected chi connectivity index (χ3v) is 13.3. The van der Waals surface area contributed by atoms with Crippen molar-refractivity contribution in [1.29, 1.82) is 0 Å². The first kappa shape index (κ1) is 38.9. The summed E-state index contributed by atoms with van der Waals surface area (Å²) in [5.74, 6) is 0.900. The molecular formula is C50H49BIrN5-2. The molecule has 3 aromatic heterocycles. The van der Waals surface area contributed by atoms with Gasteiger partial charge in [0.15, 0.2) is 0 Å². The average molecular weight is 923 g/mol. The Morgan fingerprint density at radius 3 is 2.21 bits per heavy atom. The fourth-order valence-corrected chi connectivity index (χ4v) is 9.62. The second-order valence-electron chi connectivity index (χ2n) is 17.4. The Bertz CT molecular complexity index is 2810. The van der Waals surface area contributed by atoms with Crippen molar-refractivity contribution in [3.63, 3.8) is 0 Å². The quantitative estimate of drug-likeness (QED) is 0.100. The van der Waals surface area contributed by atoms with E-state index in [9.17, 15) is 0 Å². The Balaban J connectivity index is 0.000000168. The van der Waals surface area contributed by atoms with Crippen LogP contribution in [0.15, 0.2) is 109 Å². The minimum Gasteiger partial charge on any atom is -0.416 e. The predicted molar refractivity (Wildman–Crippen MR) is 235 cm³/mol. The molecule has 2 radical (unpaired) electrons. The van der Waals surface area contributed by atoms with Crippen LogP contribution in [0.1, 0.15) is 75.4 Å². The van der Waals surface area contributed by atoms with Crippen LogP contribution in [0.3, 0.4) is 0 Å². The second kappa shape index (κ2) is 14.1. The van der Waals surface area contributed by atoms with Crippen LogP contribution in [0.4, 0.5) is 5.69 Å². The number of benzene rings is 5.